The number of anilines is 1. The Balaban J connectivity index is 2.77. The van der Waals surface area contributed by atoms with E-state index < -0.39 is 10.7 Å². The zero-order valence-electron chi connectivity index (χ0n) is 10.3. The Hall–Kier alpha value is -2.57. The molecule has 0 saturated carbocycles. The Morgan fingerprint density at radius 2 is 2.00 bits per heavy atom. The van der Waals surface area contributed by atoms with E-state index in [4.69, 9.17) is 5.73 Å². The number of nitrogens with two attached hydrogens (primary N) is 1. The van der Waals surface area contributed by atoms with Crippen molar-refractivity contribution in [3.63, 3.8) is 0 Å². The highest BCUT2D eigenvalue weighted by Gasteiger charge is 2.23. The highest BCUT2D eigenvalue weighted by atomic mass is 19.1. The molecule has 0 aliphatic rings. The van der Waals surface area contributed by atoms with E-state index in [1.807, 2.05) is 0 Å². The van der Waals surface area contributed by atoms with Crippen molar-refractivity contribution >= 4 is 11.6 Å². The summed E-state index contributed by atoms with van der Waals surface area (Å²) in [6.07, 6.45) is 0. The molecule has 0 aliphatic heterocycles. The molecule has 1 aromatic heterocycles. The van der Waals surface area contributed by atoms with E-state index in [1.165, 1.54) is 25.1 Å². The molecule has 1 aromatic carbocycles. The molecule has 0 saturated heterocycles. The van der Waals surface area contributed by atoms with Crippen molar-refractivity contribution in [2.45, 2.75) is 13.8 Å². The maximum atomic E-state index is 13.1. The average molecular weight is 262 g/mol. The van der Waals surface area contributed by atoms with Gasteiger partial charge in [-0.2, -0.15) is 0 Å². The fraction of sp³-hybridized carbons (Fsp3) is 0.167. The summed E-state index contributed by atoms with van der Waals surface area (Å²) < 4.78 is 13.1. The van der Waals surface area contributed by atoms with Gasteiger partial charge < -0.3 is 5.73 Å². The van der Waals surface area contributed by atoms with Crippen molar-refractivity contribution in [1.82, 2.24) is 9.97 Å². The molecular formula is C12H11FN4O2. The Morgan fingerprint density at radius 3 is 2.58 bits per heavy atom. The number of aromatic nitrogens is 2. The van der Waals surface area contributed by atoms with Gasteiger partial charge in [0.1, 0.15) is 11.5 Å². The SMILES string of the molecule is Cc1cc(F)ccc1-c1nc(N)nc(C)c1[N+](=O)[O-]. The maximum absolute atomic E-state index is 13.1. The number of nitrogen functional groups attached to an aromatic ring is 1. The predicted molar refractivity (Wildman–Crippen MR) is 68.0 cm³/mol. The lowest BCUT2D eigenvalue weighted by atomic mass is 10.0. The molecule has 19 heavy (non-hydrogen) atoms. The molecule has 0 aliphatic carbocycles. The van der Waals surface area contributed by atoms with Gasteiger partial charge in [-0.05, 0) is 37.6 Å². The Morgan fingerprint density at radius 1 is 1.32 bits per heavy atom. The minimum Gasteiger partial charge on any atom is -0.368 e. The van der Waals surface area contributed by atoms with E-state index in [1.54, 1.807) is 6.92 Å². The van der Waals surface area contributed by atoms with Crippen LogP contribution >= 0.6 is 0 Å². The molecule has 2 rings (SSSR count). The molecule has 2 aromatic rings. The first-order chi connectivity index (χ1) is 8.90. The van der Waals surface area contributed by atoms with Crippen LogP contribution in [0.1, 0.15) is 11.3 Å². The fourth-order valence-electron chi connectivity index (χ4n) is 1.89. The molecule has 0 spiro atoms. The molecule has 0 bridgehead atoms. The van der Waals surface area contributed by atoms with E-state index in [0.717, 1.165) is 0 Å². The monoisotopic (exact) mass is 262 g/mol. The second-order valence-electron chi connectivity index (χ2n) is 4.08. The van der Waals surface area contributed by atoms with Crippen molar-refractivity contribution in [1.29, 1.82) is 0 Å². The van der Waals surface area contributed by atoms with E-state index in [0.29, 0.717) is 11.1 Å². The van der Waals surface area contributed by atoms with Crippen LogP contribution in [0.2, 0.25) is 0 Å². The molecule has 0 fully saturated rings. The number of benzene rings is 1. The van der Waals surface area contributed by atoms with Crippen molar-refractivity contribution in [2.24, 2.45) is 0 Å². The molecular weight excluding hydrogens is 251 g/mol. The standard InChI is InChI=1S/C12H11FN4O2/c1-6-5-8(13)3-4-9(6)10-11(17(18)19)7(2)15-12(14)16-10/h3-5H,1-2H3,(H2,14,15,16). The average Bonchev–Trinajstić information content (AvgIpc) is 2.26. The van der Waals surface area contributed by atoms with Gasteiger partial charge in [0.25, 0.3) is 0 Å². The molecule has 0 amide bonds. The zero-order valence-corrected chi connectivity index (χ0v) is 10.3. The summed E-state index contributed by atoms with van der Waals surface area (Å²) in [5.74, 6) is -0.468. The van der Waals surface area contributed by atoms with E-state index >= 15 is 0 Å². The van der Waals surface area contributed by atoms with Crippen LogP contribution < -0.4 is 5.73 Å². The van der Waals surface area contributed by atoms with E-state index in [9.17, 15) is 14.5 Å². The summed E-state index contributed by atoms with van der Waals surface area (Å²) in [4.78, 5) is 18.3. The van der Waals surface area contributed by atoms with Crippen molar-refractivity contribution < 1.29 is 9.31 Å². The largest absolute Gasteiger partial charge is 0.368 e. The fourth-order valence-corrected chi connectivity index (χ4v) is 1.89. The van der Waals surface area contributed by atoms with Gasteiger partial charge in [0, 0.05) is 5.56 Å². The first-order valence-electron chi connectivity index (χ1n) is 5.45. The normalized spacial score (nSPS) is 10.5. The summed E-state index contributed by atoms with van der Waals surface area (Å²) in [7, 11) is 0. The second kappa shape index (κ2) is 4.60. The highest BCUT2D eigenvalue weighted by Crippen LogP contribution is 2.32. The third-order valence-corrected chi connectivity index (χ3v) is 2.70. The van der Waals surface area contributed by atoms with Crippen molar-refractivity contribution in [2.75, 3.05) is 5.73 Å². The predicted octanol–water partition coefficient (Wildman–Crippen LogP) is 2.39. The molecule has 2 N–H and O–H groups in total. The van der Waals surface area contributed by atoms with Gasteiger partial charge in [-0.3, -0.25) is 10.1 Å². The number of nitrogens with zero attached hydrogens (tertiary/aromatic N) is 3. The van der Waals surface area contributed by atoms with Gasteiger partial charge in [-0.15, -0.1) is 0 Å². The number of hydrogen-bond acceptors (Lipinski definition) is 5. The molecule has 1 heterocycles. The lowest BCUT2D eigenvalue weighted by molar-refractivity contribution is -0.385. The first kappa shape index (κ1) is 12.9. The Labute approximate surface area is 108 Å². The zero-order chi connectivity index (χ0) is 14.2. The van der Waals surface area contributed by atoms with E-state index in [2.05, 4.69) is 9.97 Å². The van der Waals surface area contributed by atoms with Crippen LogP contribution in [0.3, 0.4) is 0 Å². The molecule has 6 nitrogen and oxygen atoms in total. The third-order valence-electron chi connectivity index (χ3n) is 2.70. The first-order valence-corrected chi connectivity index (χ1v) is 5.45. The number of halogens is 1. The smallest absolute Gasteiger partial charge is 0.316 e. The summed E-state index contributed by atoms with van der Waals surface area (Å²) in [5, 5.41) is 11.1. The van der Waals surface area contributed by atoms with Crippen molar-refractivity contribution in [3.8, 4) is 11.3 Å². The Bertz CT molecular complexity index is 673. The highest BCUT2D eigenvalue weighted by molar-refractivity contribution is 5.74. The van der Waals surface area contributed by atoms with Gasteiger partial charge in [-0.25, -0.2) is 14.4 Å². The minimum absolute atomic E-state index is 0.0539. The van der Waals surface area contributed by atoms with Crippen molar-refractivity contribution in [3.05, 3.63) is 45.4 Å². The van der Waals surface area contributed by atoms with Crippen LogP contribution in [0.5, 0.6) is 0 Å². The van der Waals surface area contributed by atoms with Crippen LogP contribution in [0.15, 0.2) is 18.2 Å². The summed E-state index contributed by atoms with van der Waals surface area (Å²) in [5.41, 5.74) is 6.59. The van der Waals surface area contributed by atoms with E-state index in [-0.39, 0.29) is 23.0 Å². The molecule has 98 valence electrons. The van der Waals surface area contributed by atoms with Crippen LogP contribution in [-0.2, 0) is 0 Å². The number of nitro groups is 1. The Kier molecular flexibility index (Phi) is 3.12. The quantitative estimate of drug-likeness (QED) is 0.662. The molecule has 0 radical (unpaired) electrons. The topological polar surface area (TPSA) is 94.9 Å². The van der Waals surface area contributed by atoms with Gasteiger partial charge >= 0.3 is 5.69 Å². The van der Waals surface area contributed by atoms with Gasteiger partial charge in [-0.1, -0.05) is 0 Å². The van der Waals surface area contributed by atoms with Crippen LogP contribution in [0, 0.1) is 29.8 Å². The van der Waals surface area contributed by atoms with Gasteiger partial charge in [0.15, 0.2) is 5.69 Å². The number of aryl methyl sites for hydroxylation is 2. The maximum Gasteiger partial charge on any atom is 0.316 e. The molecule has 7 heteroatoms. The van der Waals surface area contributed by atoms with Gasteiger partial charge in [0.2, 0.25) is 5.95 Å². The second-order valence-corrected chi connectivity index (χ2v) is 4.08. The summed E-state index contributed by atoms with van der Waals surface area (Å²) in [6.45, 7) is 3.13. The van der Waals surface area contributed by atoms with Gasteiger partial charge in [0.05, 0.1) is 4.92 Å². The molecule has 0 unspecified atom stereocenters. The van der Waals surface area contributed by atoms with Crippen LogP contribution in [0.25, 0.3) is 11.3 Å². The summed E-state index contributed by atoms with van der Waals surface area (Å²) >= 11 is 0. The summed E-state index contributed by atoms with van der Waals surface area (Å²) in [6, 6.07) is 3.95. The lowest BCUT2D eigenvalue weighted by Gasteiger charge is -2.08. The minimum atomic E-state index is -0.563. The third kappa shape index (κ3) is 2.35. The molecule has 0 atom stereocenters. The number of rotatable bonds is 2. The number of hydrogen-bond donors (Lipinski definition) is 1. The lowest BCUT2D eigenvalue weighted by Crippen LogP contribution is -2.05. The van der Waals surface area contributed by atoms with Crippen LogP contribution in [0.4, 0.5) is 16.0 Å². The van der Waals surface area contributed by atoms with Crippen LogP contribution in [-0.4, -0.2) is 14.9 Å².